The Balaban J connectivity index is 1.65. The number of anilines is 1. The van der Waals surface area contributed by atoms with Crippen molar-refractivity contribution in [1.29, 1.82) is 0 Å². The van der Waals surface area contributed by atoms with E-state index in [2.05, 4.69) is 24.6 Å². The fourth-order valence-electron chi connectivity index (χ4n) is 2.78. The Hall–Kier alpha value is -2.11. The van der Waals surface area contributed by atoms with Crippen molar-refractivity contribution >= 4 is 29.0 Å². The highest BCUT2D eigenvalue weighted by Gasteiger charge is 2.24. The van der Waals surface area contributed by atoms with Gasteiger partial charge in [-0.25, -0.2) is 4.98 Å². The minimum atomic E-state index is 0.533. The molecule has 116 valence electrons. The molecule has 0 saturated heterocycles. The quantitative estimate of drug-likeness (QED) is 0.710. The number of benzene rings is 1. The second-order valence-electron chi connectivity index (χ2n) is 5.34. The van der Waals surface area contributed by atoms with Crippen LogP contribution in [-0.4, -0.2) is 26.3 Å². The molecule has 4 rings (SSSR count). The number of halogens is 2. The predicted octanol–water partition coefficient (Wildman–Crippen LogP) is 3.67. The van der Waals surface area contributed by atoms with Gasteiger partial charge in [-0.05, 0) is 6.07 Å². The first kappa shape index (κ1) is 14.5. The van der Waals surface area contributed by atoms with E-state index in [-0.39, 0.29) is 0 Å². The van der Waals surface area contributed by atoms with E-state index in [1.165, 1.54) is 0 Å². The Morgan fingerprint density at radius 3 is 2.61 bits per heavy atom. The SMILES string of the molecule is Clc1cnc(N2CCn3c(nnc3-c3ccccc3)C2)c(Cl)c1. The molecular weight excluding hydrogens is 333 g/mol. The molecule has 0 radical (unpaired) electrons. The van der Waals surface area contributed by atoms with Gasteiger partial charge in [0.1, 0.15) is 5.82 Å². The van der Waals surface area contributed by atoms with Crippen molar-refractivity contribution in [1.82, 2.24) is 19.7 Å². The summed E-state index contributed by atoms with van der Waals surface area (Å²) in [6, 6.07) is 11.8. The van der Waals surface area contributed by atoms with Gasteiger partial charge < -0.3 is 9.47 Å². The van der Waals surface area contributed by atoms with Crippen LogP contribution in [0.2, 0.25) is 10.0 Å². The van der Waals surface area contributed by atoms with Gasteiger partial charge in [0.2, 0.25) is 0 Å². The Labute approximate surface area is 143 Å². The van der Waals surface area contributed by atoms with Crippen LogP contribution in [0.5, 0.6) is 0 Å². The summed E-state index contributed by atoms with van der Waals surface area (Å²) < 4.78 is 2.15. The van der Waals surface area contributed by atoms with Crippen LogP contribution in [0.3, 0.4) is 0 Å². The van der Waals surface area contributed by atoms with E-state index in [9.17, 15) is 0 Å². The molecule has 0 saturated carbocycles. The number of fused-ring (bicyclic) bond motifs is 1. The van der Waals surface area contributed by atoms with E-state index in [1.54, 1.807) is 12.3 Å². The van der Waals surface area contributed by atoms with Crippen molar-refractivity contribution in [2.24, 2.45) is 0 Å². The van der Waals surface area contributed by atoms with Gasteiger partial charge >= 0.3 is 0 Å². The normalized spacial score (nSPS) is 13.9. The Morgan fingerprint density at radius 2 is 1.83 bits per heavy atom. The van der Waals surface area contributed by atoms with Crippen LogP contribution in [0.4, 0.5) is 5.82 Å². The minimum absolute atomic E-state index is 0.533. The topological polar surface area (TPSA) is 46.8 Å². The summed E-state index contributed by atoms with van der Waals surface area (Å²) in [6.07, 6.45) is 1.61. The maximum absolute atomic E-state index is 6.26. The molecule has 0 aliphatic carbocycles. The van der Waals surface area contributed by atoms with Crippen molar-refractivity contribution in [2.75, 3.05) is 11.4 Å². The van der Waals surface area contributed by atoms with Gasteiger partial charge in [-0.3, -0.25) is 0 Å². The lowest BCUT2D eigenvalue weighted by Gasteiger charge is -2.29. The first-order valence-corrected chi connectivity index (χ1v) is 8.01. The number of nitrogens with zero attached hydrogens (tertiary/aromatic N) is 5. The summed E-state index contributed by atoms with van der Waals surface area (Å²) in [4.78, 5) is 6.44. The second kappa shape index (κ2) is 5.83. The zero-order chi connectivity index (χ0) is 15.8. The number of rotatable bonds is 2. The smallest absolute Gasteiger partial charge is 0.164 e. The second-order valence-corrected chi connectivity index (χ2v) is 6.18. The van der Waals surface area contributed by atoms with Crippen molar-refractivity contribution in [2.45, 2.75) is 13.1 Å². The maximum atomic E-state index is 6.26. The Morgan fingerprint density at radius 1 is 1.00 bits per heavy atom. The molecule has 1 aliphatic rings. The van der Waals surface area contributed by atoms with Crippen LogP contribution in [0, 0.1) is 0 Å². The highest BCUT2D eigenvalue weighted by Crippen LogP contribution is 2.29. The van der Waals surface area contributed by atoms with E-state index in [0.717, 1.165) is 36.1 Å². The molecule has 23 heavy (non-hydrogen) atoms. The molecule has 1 aromatic carbocycles. The monoisotopic (exact) mass is 345 g/mol. The van der Waals surface area contributed by atoms with E-state index in [0.29, 0.717) is 16.6 Å². The van der Waals surface area contributed by atoms with Crippen LogP contribution in [-0.2, 0) is 13.1 Å². The summed E-state index contributed by atoms with van der Waals surface area (Å²) in [6.45, 7) is 2.20. The predicted molar refractivity (Wildman–Crippen MR) is 90.8 cm³/mol. The minimum Gasteiger partial charge on any atom is -0.346 e. The zero-order valence-corrected chi connectivity index (χ0v) is 13.7. The Bertz CT molecular complexity index is 847. The molecule has 5 nitrogen and oxygen atoms in total. The molecule has 7 heteroatoms. The zero-order valence-electron chi connectivity index (χ0n) is 12.2. The molecule has 0 bridgehead atoms. The first-order chi connectivity index (χ1) is 11.2. The third-order valence-corrected chi connectivity index (χ3v) is 4.36. The molecule has 3 heterocycles. The summed E-state index contributed by atoms with van der Waals surface area (Å²) in [5, 5.41) is 9.76. The van der Waals surface area contributed by atoms with Gasteiger partial charge in [-0.1, -0.05) is 53.5 Å². The van der Waals surface area contributed by atoms with Crippen molar-refractivity contribution in [3.8, 4) is 11.4 Å². The van der Waals surface area contributed by atoms with Crippen LogP contribution in [0.25, 0.3) is 11.4 Å². The van der Waals surface area contributed by atoms with E-state index < -0.39 is 0 Å². The maximum Gasteiger partial charge on any atom is 0.164 e. The molecule has 2 aromatic heterocycles. The summed E-state index contributed by atoms with van der Waals surface area (Å²) in [7, 11) is 0. The van der Waals surface area contributed by atoms with Crippen LogP contribution in [0.15, 0.2) is 42.6 Å². The fraction of sp³-hybridized carbons (Fsp3) is 0.188. The average molecular weight is 346 g/mol. The van der Waals surface area contributed by atoms with E-state index in [1.807, 2.05) is 30.3 Å². The van der Waals surface area contributed by atoms with Gasteiger partial charge in [-0.2, -0.15) is 0 Å². The molecule has 0 N–H and O–H groups in total. The van der Waals surface area contributed by atoms with Crippen molar-refractivity contribution < 1.29 is 0 Å². The fourth-order valence-corrected chi connectivity index (χ4v) is 3.28. The molecular formula is C16H13Cl2N5. The highest BCUT2D eigenvalue weighted by atomic mass is 35.5. The van der Waals surface area contributed by atoms with Gasteiger partial charge in [-0.15, -0.1) is 10.2 Å². The summed E-state index contributed by atoms with van der Waals surface area (Å²) in [5.41, 5.74) is 1.07. The highest BCUT2D eigenvalue weighted by molar-refractivity contribution is 6.36. The van der Waals surface area contributed by atoms with Gasteiger partial charge in [0.05, 0.1) is 16.6 Å². The largest absolute Gasteiger partial charge is 0.346 e. The third-order valence-electron chi connectivity index (χ3n) is 3.87. The van der Waals surface area contributed by atoms with Crippen LogP contribution in [0.1, 0.15) is 5.82 Å². The number of hydrogen-bond donors (Lipinski definition) is 0. The summed E-state index contributed by atoms with van der Waals surface area (Å²) >= 11 is 12.2. The molecule has 0 atom stereocenters. The van der Waals surface area contributed by atoms with E-state index >= 15 is 0 Å². The molecule has 0 spiro atoms. The molecule has 0 amide bonds. The third kappa shape index (κ3) is 2.66. The standard InChI is InChI=1S/C16H13Cl2N5/c17-12-8-13(18)16(19-9-12)22-6-7-23-14(10-22)20-21-15(23)11-4-2-1-3-5-11/h1-5,8-9H,6-7,10H2. The van der Waals surface area contributed by atoms with Crippen molar-refractivity contribution in [3.63, 3.8) is 0 Å². The first-order valence-electron chi connectivity index (χ1n) is 7.26. The number of pyridine rings is 1. The number of aromatic nitrogens is 4. The van der Waals surface area contributed by atoms with E-state index in [4.69, 9.17) is 23.2 Å². The number of hydrogen-bond acceptors (Lipinski definition) is 4. The lowest BCUT2D eigenvalue weighted by atomic mass is 10.2. The lowest BCUT2D eigenvalue weighted by Crippen LogP contribution is -2.34. The summed E-state index contributed by atoms with van der Waals surface area (Å²) in [5.74, 6) is 2.53. The molecule has 0 fully saturated rings. The molecule has 3 aromatic rings. The lowest BCUT2D eigenvalue weighted by molar-refractivity contribution is 0.560. The van der Waals surface area contributed by atoms with Crippen LogP contribution < -0.4 is 4.90 Å². The Kier molecular flexibility index (Phi) is 3.67. The van der Waals surface area contributed by atoms with Crippen molar-refractivity contribution in [3.05, 3.63) is 58.5 Å². The average Bonchev–Trinajstić information content (AvgIpc) is 2.99. The van der Waals surface area contributed by atoms with Gasteiger partial charge in [0, 0.05) is 24.8 Å². The van der Waals surface area contributed by atoms with Gasteiger partial charge in [0.25, 0.3) is 0 Å². The molecule has 1 aliphatic heterocycles. The van der Waals surface area contributed by atoms with Gasteiger partial charge in [0.15, 0.2) is 11.6 Å². The molecule has 0 unspecified atom stereocenters. The van der Waals surface area contributed by atoms with Crippen LogP contribution >= 0.6 is 23.2 Å².